The van der Waals surface area contributed by atoms with Crippen LogP contribution in [0, 0.1) is 0 Å². The number of likely N-dealkylation sites (N-methyl/N-ethyl adjacent to an activating group) is 1. The standard InChI is InChI=1S/C29H30N4OS/c1-2-31-18-20-32(21-19-31)26(34)22-35-29-30-27(23-12-6-3-7-13-23)28(24-14-8-4-9-15-24)33(29)25-16-10-5-11-17-25/h3-17H,2,18-22H2,1H3. The molecule has 178 valence electrons. The molecular weight excluding hydrogens is 452 g/mol. The van der Waals surface area contributed by atoms with Crippen molar-refractivity contribution in [3.63, 3.8) is 0 Å². The summed E-state index contributed by atoms with van der Waals surface area (Å²) in [5.41, 5.74) is 5.15. The lowest BCUT2D eigenvalue weighted by Gasteiger charge is -2.34. The topological polar surface area (TPSA) is 41.4 Å². The summed E-state index contributed by atoms with van der Waals surface area (Å²) >= 11 is 1.52. The Morgan fingerprint density at radius 2 is 1.37 bits per heavy atom. The van der Waals surface area contributed by atoms with Crippen LogP contribution in [0.1, 0.15) is 6.92 Å². The van der Waals surface area contributed by atoms with Crippen molar-refractivity contribution in [2.45, 2.75) is 12.1 Å². The van der Waals surface area contributed by atoms with Gasteiger partial charge in [0.25, 0.3) is 0 Å². The van der Waals surface area contributed by atoms with Gasteiger partial charge in [-0.15, -0.1) is 0 Å². The maximum absolute atomic E-state index is 13.1. The molecule has 1 fully saturated rings. The quantitative estimate of drug-likeness (QED) is 0.328. The molecule has 0 atom stereocenters. The molecule has 0 bridgehead atoms. The molecule has 1 saturated heterocycles. The van der Waals surface area contributed by atoms with Crippen LogP contribution in [-0.4, -0.2) is 63.7 Å². The average Bonchev–Trinajstić information content (AvgIpc) is 3.33. The van der Waals surface area contributed by atoms with Gasteiger partial charge in [0.15, 0.2) is 5.16 Å². The summed E-state index contributed by atoms with van der Waals surface area (Å²) in [5, 5.41) is 0.828. The Morgan fingerprint density at radius 3 is 1.97 bits per heavy atom. The van der Waals surface area contributed by atoms with E-state index in [0.29, 0.717) is 5.75 Å². The van der Waals surface area contributed by atoms with Crippen molar-refractivity contribution in [3.8, 4) is 28.2 Å². The maximum atomic E-state index is 13.1. The molecule has 1 amide bonds. The summed E-state index contributed by atoms with van der Waals surface area (Å²) < 4.78 is 2.20. The number of para-hydroxylation sites is 1. The lowest BCUT2D eigenvalue weighted by Crippen LogP contribution is -2.49. The number of benzene rings is 3. The van der Waals surface area contributed by atoms with Gasteiger partial charge in [-0.3, -0.25) is 9.36 Å². The molecule has 0 N–H and O–H groups in total. The van der Waals surface area contributed by atoms with E-state index in [1.165, 1.54) is 11.8 Å². The second kappa shape index (κ2) is 10.9. The minimum Gasteiger partial charge on any atom is -0.339 e. The first-order valence-corrected chi connectivity index (χ1v) is 13.1. The number of carbonyl (C=O) groups excluding carboxylic acids is 1. The normalized spacial score (nSPS) is 14.3. The zero-order chi connectivity index (χ0) is 24.0. The maximum Gasteiger partial charge on any atom is 0.233 e. The molecule has 0 spiro atoms. The Balaban J connectivity index is 1.53. The van der Waals surface area contributed by atoms with Crippen molar-refractivity contribution in [2.24, 2.45) is 0 Å². The second-order valence-electron chi connectivity index (χ2n) is 8.60. The van der Waals surface area contributed by atoms with Crippen molar-refractivity contribution < 1.29 is 4.79 Å². The summed E-state index contributed by atoms with van der Waals surface area (Å²) in [4.78, 5) is 22.6. The number of amides is 1. The zero-order valence-corrected chi connectivity index (χ0v) is 20.8. The molecule has 4 aromatic rings. The van der Waals surface area contributed by atoms with Crippen LogP contribution in [0.4, 0.5) is 0 Å². The Morgan fingerprint density at radius 1 is 0.800 bits per heavy atom. The lowest BCUT2D eigenvalue weighted by molar-refractivity contribution is -0.130. The fourth-order valence-corrected chi connectivity index (χ4v) is 5.42. The highest BCUT2D eigenvalue weighted by Gasteiger charge is 2.24. The summed E-state index contributed by atoms with van der Waals surface area (Å²) in [7, 11) is 0. The molecule has 5 rings (SSSR count). The molecule has 0 aliphatic carbocycles. The van der Waals surface area contributed by atoms with Crippen LogP contribution in [-0.2, 0) is 4.79 Å². The van der Waals surface area contributed by atoms with Gasteiger partial charge in [0.2, 0.25) is 5.91 Å². The van der Waals surface area contributed by atoms with Crippen molar-refractivity contribution in [2.75, 3.05) is 38.5 Å². The Hall–Kier alpha value is -3.35. The highest BCUT2D eigenvalue weighted by molar-refractivity contribution is 7.99. The minimum atomic E-state index is 0.177. The SMILES string of the molecule is CCN1CCN(C(=O)CSc2nc(-c3ccccc3)c(-c3ccccc3)n2-c2ccccc2)CC1. The number of imidazole rings is 1. The molecule has 3 aromatic carbocycles. The van der Waals surface area contributed by atoms with Gasteiger partial charge in [0.05, 0.1) is 17.1 Å². The van der Waals surface area contributed by atoms with Crippen molar-refractivity contribution in [1.29, 1.82) is 0 Å². The number of hydrogen-bond acceptors (Lipinski definition) is 4. The van der Waals surface area contributed by atoms with Crippen LogP contribution in [0.5, 0.6) is 0 Å². The van der Waals surface area contributed by atoms with Crippen LogP contribution < -0.4 is 0 Å². The zero-order valence-electron chi connectivity index (χ0n) is 20.0. The number of thioether (sulfide) groups is 1. The first-order valence-electron chi connectivity index (χ1n) is 12.2. The van der Waals surface area contributed by atoms with E-state index in [4.69, 9.17) is 4.98 Å². The van der Waals surface area contributed by atoms with Crippen LogP contribution in [0.2, 0.25) is 0 Å². The fourth-order valence-electron chi connectivity index (χ4n) is 4.50. The predicted octanol–water partition coefficient (Wildman–Crippen LogP) is 5.46. The second-order valence-corrected chi connectivity index (χ2v) is 9.54. The van der Waals surface area contributed by atoms with E-state index in [0.717, 1.165) is 66.1 Å². The van der Waals surface area contributed by atoms with Gasteiger partial charge < -0.3 is 9.80 Å². The molecule has 6 heteroatoms. The van der Waals surface area contributed by atoms with E-state index in [-0.39, 0.29) is 5.91 Å². The Labute approximate surface area is 211 Å². The van der Waals surface area contributed by atoms with Gasteiger partial charge in [0, 0.05) is 43.0 Å². The van der Waals surface area contributed by atoms with E-state index >= 15 is 0 Å². The van der Waals surface area contributed by atoms with Crippen LogP contribution in [0.15, 0.2) is 96.2 Å². The summed E-state index contributed by atoms with van der Waals surface area (Å²) in [6.07, 6.45) is 0. The molecule has 1 aliphatic heterocycles. The van der Waals surface area contributed by atoms with Crippen molar-refractivity contribution >= 4 is 17.7 Å². The molecule has 0 saturated carbocycles. The van der Waals surface area contributed by atoms with Crippen molar-refractivity contribution in [3.05, 3.63) is 91.0 Å². The van der Waals surface area contributed by atoms with E-state index in [2.05, 4.69) is 64.9 Å². The van der Waals surface area contributed by atoms with Gasteiger partial charge in [-0.1, -0.05) is 97.5 Å². The summed E-state index contributed by atoms with van der Waals surface area (Å²) in [6, 6.07) is 31.0. The molecule has 5 nitrogen and oxygen atoms in total. The van der Waals surface area contributed by atoms with Gasteiger partial charge in [-0.25, -0.2) is 4.98 Å². The van der Waals surface area contributed by atoms with Gasteiger partial charge in [-0.05, 0) is 18.7 Å². The van der Waals surface area contributed by atoms with E-state index < -0.39 is 0 Å². The molecule has 2 heterocycles. The first kappa shape index (κ1) is 23.4. The Kier molecular flexibility index (Phi) is 7.31. The fraction of sp³-hybridized carbons (Fsp3) is 0.241. The molecule has 0 unspecified atom stereocenters. The van der Waals surface area contributed by atoms with E-state index in [1.807, 2.05) is 47.4 Å². The number of hydrogen-bond donors (Lipinski definition) is 0. The van der Waals surface area contributed by atoms with E-state index in [1.54, 1.807) is 0 Å². The van der Waals surface area contributed by atoms with Gasteiger partial charge >= 0.3 is 0 Å². The molecular formula is C29H30N4OS. The smallest absolute Gasteiger partial charge is 0.233 e. The average molecular weight is 483 g/mol. The largest absolute Gasteiger partial charge is 0.339 e. The molecule has 1 aromatic heterocycles. The number of piperazine rings is 1. The monoisotopic (exact) mass is 482 g/mol. The molecule has 0 radical (unpaired) electrons. The van der Waals surface area contributed by atoms with Gasteiger partial charge in [0.1, 0.15) is 0 Å². The third-order valence-electron chi connectivity index (χ3n) is 6.45. The number of rotatable bonds is 7. The lowest BCUT2D eigenvalue weighted by atomic mass is 10.0. The predicted molar refractivity (Wildman–Crippen MR) is 144 cm³/mol. The molecule has 1 aliphatic rings. The first-order chi connectivity index (χ1) is 17.2. The number of aromatic nitrogens is 2. The van der Waals surface area contributed by atoms with Crippen LogP contribution in [0.25, 0.3) is 28.2 Å². The minimum absolute atomic E-state index is 0.177. The number of carbonyl (C=O) groups is 1. The van der Waals surface area contributed by atoms with Crippen molar-refractivity contribution in [1.82, 2.24) is 19.4 Å². The number of nitrogens with zero attached hydrogens (tertiary/aromatic N) is 4. The van der Waals surface area contributed by atoms with Crippen LogP contribution in [0.3, 0.4) is 0 Å². The summed E-state index contributed by atoms with van der Waals surface area (Å²) in [6.45, 7) is 6.70. The Bertz CT molecular complexity index is 1250. The highest BCUT2D eigenvalue weighted by Crippen LogP contribution is 2.38. The summed E-state index contributed by atoms with van der Waals surface area (Å²) in [5.74, 6) is 0.550. The van der Waals surface area contributed by atoms with Crippen LogP contribution >= 0.6 is 11.8 Å². The third kappa shape index (κ3) is 5.19. The molecule has 35 heavy (non-hydrogen) atoms. The van der Waals surface area contributed by atoms with Gasteiger partial charge in [-0.2, -0.15) is 0 Å². The highest BCUT2D eigenvalue weighted by atomic mass is 32.2. The third-order valence-corrected chi connectivity index (χ3v) is 7.38. The van der Waals surface area contributed by atoms with E-state index in [9.17, 15) is 4.79 Å².